The number of nitrogens with one attached hydrogen (secondary N) is 1. The van der Waals surface area contributed by atoms with E-state index < -0.39 is 0 Å². The summed E-state index contributed by atoms with van der Waals surface area (Å²) in [6.45, 7) is 1.98. The molecule has 0 aliphatic heterocycles. The second-order valence-corrected chi connectivity index (χ2v) is 6.00. The van der Waals surface area contributed by atoms with E-state index in [1.165, 1.54) is 0 Å². The zero-order valence-electron chi connectivity index (χ0n) is 9.43. The minimum Gasteiger partial charge on any atom is -0.306 e. The summed E-state index contributed by atoms with van der Waals surface area (Å²) in [5.74, 6) is 0.564. The van der Waals surface area contributed by atoms with Gasteiger partial charge in [0, 0.05) is 10.0 Å². The Bertz CT molecular complexity index is 657. The number of benzene rings is 1. The van der Waals surface area contributed by atoms with Crippen LogP contribution in [0.5, 0.6) is 0 Å². The highest BCUT2D eigenvalue weighted by Gasteiger charge is 2.09. The maximum atomic E-state index is 11.8. The Kier molecular flexibility index (Phi) is 4.45. The molecule has 0 amide bonds. The van der Waals surface area contributed by atoms with Crippen molar-refractivity contribution < 1.29 is 0 Å². The standard InChI is InChI=1S/C12H9BrClIN2O/c1-2-9-10(15)12(18)17-11(16-9)6-3-4-8(14)7(13)5-6/h3-5H,2H2,1H3,(H,16,17,18). The van der Waals surface area contributed by atoms with Crippen LogP contribution < -0.4 is 5.56 Å². The van der Waals surface area contributed by atoms with E-state index in [1.807, 2.05) is 41.6 Å². The van der Waals surface area contributed by atoms with Crippen LogP contribution in [-0.2, 0) is 6.42 Å². The van der Waals surface area contributed by atoms with Gasteiger partial charge in [-0.15, -0.1) is 0 Å². The van der Waals surface area contributed by atoms with Gasteiger partial charge in [0.1, 0.15) is 5.82 Å². The first-order valence-corrected chi connectivity index (χ1v) is 7.52. The second kappa shape index (κ2) is 5.71. The summed E-state index contributed by atoms with van der Waals surface area (Å²) >= 11 is 11.3. The van der Waals surface area contributed by atoms with Crippen molar-refractivity contribution in [1.82, 2.24) is 9.97 Å². The molecular formula is C12H9BrClIN2O. The van der Waals surface area contributed by atoms with Crippen molar-refractivity contribution in [2.24, 2.45) is 0 Å². The lowest BCUT2D eigenvalue weighted by atomic mass is 10.2. The van der Waals surface area contributed by atoms with E-state index >= 15 is 0 Å². The summed E-state index contributed by atoms with van der Waals surface area (Å²) in [6.07, 6.45) is 0.726. The molecule has 6 heteroatoms. The number of hydrogen-bond donors (Lipinski definition) is 1. The molecule has 2 aromatic rings. The summed E-state index contributed by atoms with van der Waals surface area (Å²) in [5, 5.41) is 0.627. The van der Waals surface area contributed by atoms with Gasteiger partial charge in [-0.05, 0) is 63.1 Å². The van der Waals surface area contributed by atoms with Crippen LogP contribution in [0, 0.1) is 3.57 Å². The van der Waals surface area contributed by atoms with E-state index in [2.05, 4.69) is 25.9 Å². The number of nitrogens with zero attached hydrogens (tertiary/aromatic N) is 1. The molecule has 0 bridgehead atoms. The highest BCUT2D eigenvalue weighted by atomic mass is 127. The van der Waals surface area contributed by atoms with Crippen molar-refractivity contribution in [3.63, 3.8) is 0 Å². The first-order valence-electron chi connectivity index (χ1n) is 5.27. The molecule has 1 aromatic heterocycles. The molecule has 0 unspecified atom stereocenters. The SMILES string of the molecule is CCc1nc(-c2ccc(Cl)c(Br)c2)[nH]c(=O)c1I. The van der Waals surface area contributed by atoms with Gasteiger partial charge in [-0.1, -0.05) is 18.5 Å². The normalized spacial score (nSPS) is 10.7. The van der Waals surface area contributed by atoms with Gasteiger partial charge in [0.2, 0.25) is 0 Å². The molecule has 0 saturated carbocycles. The van der Waals surface area contributed by atoms with Gasteiger partial charge < -0.3 is 4.98 Å². The predicted molar refractivity (Wildman–Crippen MR) is 85.1 cm³/mol. The Morgan fingerprint density at radius 3 is 2.83 bits per heavy atom. The summed E-state index contributed by atoms with van der Waals surface area (Å²) in [4.78, 5) is 19.0. The van der Waals surface area contributed by atoms with Gasteiger partial charge in [-0.3, -0.25) is 4.79 Å². The van der Waals surface area contributed by atoms with Crippen molar-refractivity contribution in [2.75, 3.05) is 0 Å². The van der Waals surface area contributed by atoms with E-state index in [4.69, 9.17) is 11.6 Å². The molecule has 3 nitrogen and oxygen atoms in total. The van der Waals surface area contributed by atoms with E-state index in [0.29, 0.717) is 14.4 Å². The van der Waals surface area contributed by atoms with Crippen molar-refractivity contribution in [3.8, 4) is 11.4 Å². The third kappa shape index (κ3) is 2.78. The summed E-state index contributed by atoms with van der Waals surface area (Å²) in [5.41, 5.74) is 1.53. The molecule has 0 aliphatic rings. The van der Waals surface area contributed by atoms with Crippen LogP contribution in [0.4, 0.5) is 0 Å². The lowest BCUT2D eigenvalue weighted by Crippen LogP contribution is -2.15. The fourth-order valence-corrected chi connectivity index (χ4v) is 2.65. The highest BCUT2D eigenvalue weighted by Crippen LogP contribution is 2.27. The number of aromatic nitrogens is 2. The van der Waals surface area contributed by atoms with Crippen LogP contribution in [0.3, 0.4) is 0 Å². The van der Waals surface area contributed by atoms with Crippen LogP contribution in [0.2, 0.25) is 5.02 Å². The van der Waals surface area contributed by atoms with Crippen molar-refractivity contribution in [2.45, 2.75) is 13.3 Å². The first kappa shape index (κ1) is 14.0. The molecule has 0 fully saturated rings. The average molecular weight is 439 g/mol. The molecule has 94 valence electrons. The minimum absolute atomic E-state index is 0.108. The topological polar surface area (TPSA) is 45.8 Å². The van der Waals surface area contributed by atoms with Crippen LogP contribution in [0.15, 0.2) is 27.5 Å². The van der Waals surface area contributed by atoms with Crippen LogP contribution in [0.25, 0.3) is 11.4 Å². The van der Waals surface area contributed by atoms with Gasteiger partial charge in [0.25, 0.3) is 5.56 Å². The number of hydrogen-bond acceptors (Lipinski definition) is 2. The van der Waals surface area contributed by atoms with Gasteiger partial charge in [-0.2, -0.15) is 0 Å². The van der Waals surface area contributed by atoms with Crippen molar-refractivity contribution >= 4 is 50.1 Å². The fraction of sp³-hybridized carbons (Fsp3) is 0.167. The molecule has 1 aromatic carbocycles. The van der Waals surface area contributed by atoms with Crippen molar-refractivity contribution in [3.05, 3.63) is 47.3 Å². The van der Waals surface area contributed by atoms with Gasteiger partial charge >= 0.3 is 0 Å². The summed E-state index contributed by atoms with van der Waals surface area (Å²) < 4.78 is 1.42. The van der Waals surface area contributed by atoms with Crippen LogP contribution in [0.1, 0.15) is 12.6 Å². The maximum Gasteiger partial charge on any atom is 0.264 e. The minimum atomic E-state index is -0.108. The smallest absolute Gasteiger partial charge is 0.264 e. The van der Waals surface area contributed by atoms with Gasteiger partial charge in [-0.25, -0.2) is 4.98 Å². The number of aromatic amines is 1. The molecule has 0 aliphatic carbocycles. The highest BCUT2D eigenvalue weighted by molar-refractivity contribution is 14.1. The number of aryl methyl sites for hydroxylation is 1. The largest absolute Gasteiger partial charge is 0.306 e. The second-order valence-electron chi connectivity index (χ2n) is 3.66. The Morgan fingerprint density at radius 1 is 1.50 bits per heavy atom. The monoisotopic (exact) mass is 438 g/mol. The van der Waals surface area contributed by atoms with E-state index in [9.17, 15) is 4.79 Å². The molecule has 2 rings (SSSR count). The van der Waals surface area contributed by atoms with E-state index in [1.54, 1.807) is 6.07 Å². The maximum absolute atomic E-state index is 11.8. The van der Waals surface area contributed by atoms with Gasteiger partial charge in [0.05, 0.1) is 14.3 Å². The molecule has 1 N–H and O–H groups in total. The van der Waals surface area contributed by atoms with Gasteiger partial charge in [0.15, 0.2) is 0 Å². The van der Waals surface area contributed by atoms with E-state index in [0.717, 1.165) is 22.2 Å². The zero-order chi connectivity index (χ0) is 13.3. The number of halogens is 3. The van der Waals surface area contributed by atoms with Crippen LogP contribution >= 0.6 is 50.1 Å². The molecule has 1 heterocycles. The Hall–Kier alpha value is -0.400. The average Bonchev–Trinajstić information content (AvgIpc) is 2.36. The molecular weight excluding hydrogens is 430 g/mol. The van der Waals surface area contributed by atoms with Crippen LogP contribution in [-0.4, -0.2) is 9.97 Å². The molecule has 0 atom stereocenters. The van der Waals surface area contributed by atoms with E-state index in [-0.39, 0.29) is 5.56 Å². The molecule has 0 spiro atoms. The predicted octanol–water partition coefficient (Wildman–Crippen LogP) is 4.02. The molecule has 18 heavy (non-hydrogen) atoms. The molecule has 0 radical (unpaired) electrons. The summed E-state index contributed by atoms with van der Waals surface area (Å²) in [6, 6.07) is 5.44. The number of H-pyrrole nitrogens is 1. The Balaban J connectivity index is 2.60. The quantitative estimate of drug-likeness (QED) is 0.719. The lowest BCUT2D eigenvalue weighted by molar-refractivity contribution is 0.968. The fourth-order valence-electron chi connectivity index (χ4n) is 1.52. The Labute approximate surface area is 131 Å². The zero-order valence-corrected chi connectivity index (χ0v) is 13.9. The third-order valence-corrected chi connectivity index (χ3v) is 4.79. The number of rotatable bonds is 2. The lowest BCUT2D eigenvalue weighted by Gasteiger charge is -2.06. The summed E-state index contributed by atoms with van der Waals surface area (Å²) in [7, 11) is 0. The van der Waals surface area contributed by atoms with Crippen molar-refractivity contribution in [1.29, 1.82) is 0 Å². The Morgan fingerprint density at radius 2 is 2.22 bits per heavy atom. The first-order chi connectivity index (χ1) is 8.52. The third-order valence-electron chi connectivity index (χ3n) is 2.46. The molecule has 0 saturated heterocycles.